The Bertz CT molecular complexity index is 452. The number of carbonyl (C=O) groups excluding carboxylic acids is 1. The Morgan fingerprint density at radius 1 is 1.58 bits per heavy atom. The van der Waals surface area contributed by atoms with Crippen LogP contribution >= 0.6 is 0 Å². The van der Waals surface area contributed by atoms with Crippen molar-refractivity contribution in [3.63, 3.8) is 0 Å². The molecule has 0 bridgehead atoms. The van der Waals surface area contributed by atoms with Gasteiger partial charge in [0.25, 0.3) is 5.69 Å². The molecule has 0 saturated carbocycles. The number of benzene rings is 1. The summed E-state index contributed by atoms with van der Waals surface area (Å²) < 4.78 is 4.80. The highest BCUT2D eigenvalue weighted by molar-refractivity contribution is 5.89. The Kier molecular flexibility index (Phi) is 5.71. The first-order valence-corrected chi connectivity index (χ1v) is 5.48. The van der Waals surface area contributed by atoms with Crippen molar-refractivity contribution in [3.05, 3.63) is 34.4 Å². The first kappa shape index (κ1) is 14.9. The Balaban J connectivity index is 2.61. The van der Waals surface area contributed by atoms with Crippen LogP contribution in [0.4, 0.5) is 16.2 Å². The van der Waals surface area contributed by atoms with Crippen molar-refractivity contribution in [2.45, 2.75) is 6.04 Å². The molecule has 1 unspecified atom stereocenters. The van der Waals surface area contributed by atoms with Crippen LogP contribution in [0.5, 0.6) is 0 Å². The first-order chi connectivity index (χ1) is 9.06. The molecule has 0 fully saturated rings. The number of nitro groups is 1. The Hall–Kier alpha value is -2.19. The minimum Gasteiger partial charge on any atom is -0.394 e. The highest BCUT2D eigenvalue weighted by Crippen LogP contribution is 2.16. The molecule has 1 aromatic rings. The smallest absolute Gasteiger partial charge is 0.319 e. The normalized spacial score (nSPS) is 11.7. The molecule has 0 saturated heterocycles. The fourth-order valence-electron chi connectivity index (χ4n) is 1.39. The largest absolute Gasteiger partial charge is 0.394 e. The average molecular weight is 269 g/mol. The number of amides is 2. The van der Waals surface area contributed by atoms with E-state index in [1.807, 2.05) is 0 Å². The lowest BCUT2D eigenvalue weighted by atomic mass is 10.3. The molecule has 0 spiro atoms. The van der Waals surface area contributed by atoms with E-state index < -0.39 is 17.0 Å². The van der Waals surface area contributed by atoms with E-state index in [0.29, 0.717) is 5.69 Å². The minimum atomic E-state index is -0.573. The molecule has 1 atom stereocenters. The van der Waals surface area contributed by atoms with Crippen molar-refractivity contribution in [2.75, 3.05) is 25.6 Å². The number of carbonyl (C=O) groups is 1. The quantitative estimate of drug-likeness (QED) is 0.520. The summed E-state index contributed by atoms with van der Waals surface area (Å²) in [6.07, 6.45) is 0. The van der Waals surface area contributed by atoms with Gasteiger partial charge in [-0.3, -0.25) is 10.1 Å². The molecule has 0 aliphatic heterocycles. The van der Waals surface area contributed by atoms with E-state index in [2.05, 4.69) is 10.6 Å². The molecule has 3 N–H and O–H groups in total. The van der Waals surface area contributed by atoms with Gasteiger partial charge in [-0.1, -0.05) is 6.07 Å². The number of aliphatic hydroxyl groups excluding tert-OH is 1. The predicted octanol–water partition coefficient (Wildman–Crippen LogP) is 0.724. The van der Waals surface area contributed by atoms with Gasteiger partial charge in [-0.25, -0.2) is 4.79 Å². The van der Waals surface area contributed by atoms with Gasteiger partial charge in [0.1, 0.15) is 0 Å². The van der Waals surface area contributed by atoms with Gasteiger partial charge in [-0.05, 0) is 6.07 Å². The second kappa shape index (κ2) is 7.29. The summed E-state index contributed by atoms with van der Waals surface area (Å²) >= 11 is 0. The number of urea groups is 1. The Morgan fingerprint density at radius 2 is 2.32 bits per heavy atom. The summed E-state index contributed by atoms with van der Waals surface area (Å²) in [6, 6.07) is 4.44. The topological polar surface area (TPSA) is 114 Å². The van der Waals surface area contributed by atoms with Crippen LogP contribution in [0.15, 0.2) is 24.3 Å². The number of nitrogens with zero attached hydrogens (tertiary/aromatic N) is 1. The van der Waals surface area contributed by atoms with Crippen molar-refractivity contribution in [2.24, 2.45) is 0 Å². The lowest BCUT2D eigenvalue weighted by molar-refractivity contribution is -0.384. The number of rotatable bonds is 6. The van der Waals surface area contributed by atoms with Crippen LogP contribution in [0.1, 0.15) is 0 Å². The maximum absolute atomic E-state index is 11.6. The summed E-state index contributed by atoms with van der Waals surface area (Å²) in [4.78, 5) is 21.6. The lowest BCUT2D eigenvalue weighted by Crippen LogP contribution is -2.42. The maximum atomic E-state index is 11.6. The first-order valence-electron chi connectivity index (χ1n) is 5.48. The van der Waals surface area contributed by atoms with Gasteiger partial charge in [-0.15, -0.1) is 0 Å². The van der Waals surface area contributed by atoms with E-state index in [1.54, 1.807) is 0 Å². The zero-order chi connectivity index (χ0) is 14.3. The van der Waals surface area contributed by atoms with Gasteiger partial charge in [0.05, 0.1) is 24.2 Å². The molecular weight excluding hydrogens is 254 g/mol. The summed E-state index contributed by atoms with van der Waals surface area (Å²) in [5.41, 5.74) is 0.175. The zero-order valence-corrected chi connectivity index (χ0v) is 10.3. The third-order valence-electron chi connectivity index (χ3n) is 2.24. The molecule has 8 nitrogen and oxygen atoms in total. The van der Waals surface area contributed by atoms with Crippen molar-refractivity contribution in [1.82, 2.24) is 5.32 Å². The van der Waals surface area contributed by atoms with Gasteiger partial charge in [-0.2, -0.15) is 0 Å². The van der Waals surface area contributed by atoms with Crippen molar-refractivity contribution in [3.8, 4) is 0 Å². The molecule has 1 rings (SSSR count). The number of nitrogens with one attached hydrogen (secondary N) is 2. The van der Waals surface area contributed by atoms with Crippen LogP contribution in [0.25, 0.3) is 0 Å². The fraction of sp³-hybridized carbons (Fsp3) is 0.364. The molecule has 104 valence electrons. The fourth-order valence-corrected chi connectivity index (χ4v) is 1.39. The number of ether oxygens (including phenoxy) is 1. The van der Waals surface area contributed by atoms with Gasteiger partial charge in [0.15, 0.2) is 0 Å². The molecule has 0 heterocycles. The third-order valence-corrected chi connectivity index (χ3v) is 2.24. The predicted molar refractivity (Wildman–Crippen MR) is 68.0 cm³/mol. The average Bonchev–Trinajstić information content (AvgIpc) is 2.38. The summed E-state index contributed by atoms with van der Waals surface area (Å²) in [7, 11) is 1.45. The van der Waals surface area contributed by atoms with Gasteiger partial charge in [0, 0.05) is 24.9 Å². The highest BCUT2D eigenvalue weighted by Gasteiger charge is 2.12. The summed E-state index contributed by atoms with van der Waals surface area (Å²) in [5.74, 6) is 0. The third kappa shape index (κ3) is 4.90. The number of hydrogen-bond donors (Lipinski definition) is 3. The van der Waals surface area contributed by atoms with Crippen LogP contribution in [0, 0.1) is 10.1 Å². The Morgan fingerprint density at radius 3 is 2.89 bits per heavy atom. The number of non-ortho nitro benzene ring substituents is 1. The molecule has 0 aliphatic carbocycles. The van der Waals surface area contributed by atoms with Gasteiger partial charge < -0.3 is 20.5 Å². The minimum absolute atomic E-state index is 0.117. The molecule has 0 aliphatic rings. The number of nitro benzene ring substituents is 1. The van der Waals surface area contributed by atoms with Crippen LogP contribution in [-0.2, 0) is 4.74 Å². The van der Waals surface area contributed by atoms with Crippen molar-refractivity contribution < 1.29 is 19.6 Å². The van der Waals surface area contributed by atoms with E-state index in [-0.39, 0.29) is 18.9 Å². The number of anilines is 1. The van der Waals surface area contributed by atoms with Crippen LogP contribution < -0.4 is 10.6 Å². The molecule has 0 radical (unpaired) electrons. The van der Waals surface area contributed by atoms with E-state index in [9.17, 15) is 14.9 Å². The monoisotopic (exact) mass is 269 g/mol. The molecule has 8 heteroatoms. The van der Waals surface area contributed by atoms with E-state index in [4.69, 9.17) is 9.84 Å². The second-order valence-corrected chi connectivity index (χ2v) is 3.74. The second-order valence-electron chi connectivity index (χ2n) is 3.74. The highest BCUT2D eigenvalue weighted by atomic mass is 16.6. The van der Waals surface area contributed by atoms with Gasteiger partial charge >= 0.3 is 6.03 Å². The molecule has 1 aromatic carbocycles. The summed E-state index contributed by atoms with van der Waals surface area (Å²) in [5, 5.41) is 24.5. The SMILES string of the molecule is COCC(CO)NC(=O)Nc1cccc([N+](=O)[O-])c1. The van der Waals surface area contributed by atoms with Crippen LogP contribution in [0.2, 0.25) is 0 Å². The summed E-state index contributed by atoms with van der Waals surface area (Å²) in [6.45, 7) is -0.102. The zero-order valence-electron chi connectivity index (χ0n) is 10.3. The number of methoxy groups -OCH3 is 1. The lowest BCUT2D eigenvalue weighted by Gasteiger charge is -2.15. The van der Waals surface area contributed by atoms with E-state index in [1.165, 1.54) is 31.4 Å². The van der Waals surface area contributed by atoms with Crippen molar-refractivity contribution >= 4 is 17.4 Å². The number of hydrogen-bond acceptors (Lipinski definition) is 5. The van der Waals surface area contributed by atoms with E-state index in [0.717, 1.165) is 0 Å². The van der Waals surface area contributed by atoms with Gasteiger partial charge in [0.2, 0.25) is 0 Å². The van der Waals surface area contributed by atoms with Crippen LogP contribution in [0.3, 0.4) is 0 Å². The molecular formula is C11H15N3O5. The molecule has 0 aromatic heterocycles. The maximum Gasteiger partial charge on any atom is 0.319 e. The molecule has 2 amide bonds. The molecule has 19 heavy (non-hydrogen) atoms. The van der Waals surface area contributed by atoms with Crippen LogP contribution in [-0.4, -0.2) is 42.4 Å². The van der Waals surface area contributed by atoms with E-state index >= 15 is 0 Å². The standard InChI is InChI=1S/C11H15N3O5/c1-19-7-9(6-15)13-11(16)12-8-3-2-4-10(5-8)14(17)18/h2-5,9,15H,6-7H2,1H3,(H2,12,13,16). The Labute approximate surface area is 109 Å². The van der Waals surface area contributed by atoms with Crippen molar-refractivity contribution in [1.29, 1.82) is 0 Å². The number of aliphatic hydroxyl groups is 1.